The van der Waals surface area contributed by atoms with Crippen LogP contribution in [0.4, 0.5) is 10.8 Å². The Morgan fingerprint density at radius 3 is 2.70 bits per heavy atom. The van der Waals surface area contributed by atoms with E-state index in [1.165, 1.54) is 0 Å². The van der Waals surface area contributed by atoms with E-state index in [0.717, 1.165) is 32.3 Å². The second-order valence-corrected chi connectivity index (χ2v) is 5.41. The number of anilines is 2. The smallest absolute Gasteiger partial charge is 0.204 e. The Bertz CT molecular complexity index is 743. The summed E-state index contributed by atoms with van der Waals surface area (Å²) in [6.45, 7) is 1.92. The minimum absolute atomic E-state index is 0.722. The second kappa shape index (κ2) is 5.30. The lowest BCUT2D eigenvalue weighted by Crippen LogP contribution is -2.03. The zero-order chi connectivity index (χ0) is 13.9. The van der Waals surface area contributed by atoms with Crippen LogP contribution in [0.2, 0.25) is 0 Å². The van der Waals surface area contributed by atoms with E-state index in [0.29, 0.717) is 0 Å². The van der Waals surface area contributed by atoms with E-state index in [1.54, 1.807) is 11.3 Å². The molecule has 0 saturated heterocycles. The quantitative estimate of drug-likeness (QED) is 0.437. The van der Waals surface area contributed by atoms with Gasteiger partial charge in [-0.3, -0.25) is 5.43 Å². The third-order valence-electron chi connectivity index (χ3n) is 2.96. The summed E-state index contributed by atoms with van der Waals surface area (Å²) in [6.07, 6.45) is 0. The molecule has 0 saturated carbocycles. The number of hydrogen-bond acceptors (Lipinski definition) is 5. The van der Waals surface area contributed by atoms with Gasteiger partial charge in [0.1, 0.15) is 0 Å². The normalized spacial score (nSPS) is 11.8. The highest BCUT2D eigenvalue weighted by molar-refractivity contribution is 7.22. The van der Waals surface area contributed by atoms with E-state index in [1.807, 2.05) is 55.5 Å². The summed E-state index contributed by atoms with van der Waals surface area (Å²) in [4.78, 5) is 4.47. The lowest BCUT2D eigenvalue weighted by Gasteiger charge is -2.04. The number of rotatable bonds is 3. The zero-order valence-electron chi connectivity index (χ0n) is 11.0. The number of hydrazone groups is 1. The molecule has 2 aromatic carbocycles. The van der Waals surface area contributed by atoms with Gasteiger partial charge in [-0.15, -0.1) is 0 Å². The van der Waals surface area contributed by atoms with Crippen molar-refractivity contribution in [2.45, 2.75) is 6.92 Å². The molecule has 0 fully saturated rings. The fraction of sp³-hybridized carbons (Fsp3) is 0.0667. The largest absolute Gasteiger partial charge is 0.398 e. The van der Waals surface area contributed by atoms with E-state index in [4.69, 9.17) is 5.73 Å². The Kier molecular flexibility index (Phi) is 3.35. The molecule has 3 rings (SSSR count). The summed E-state index contributed by atoms with van der Waals surface area (Å²) in [7, 11) is 0. The molecule has 0 aliphatic carbocycles. The van der Waals surface area contributed by atoms with Gasteiger partial charge >= 0.3 is 0 Å². The molecule has 4 nitrogen and oxygen atoms in total. The lowest BCUT2D eigenvalue weighted by atomic mass is 10.1. The highest BCUT2D eigenvalue weighted by atomic mass is 32.1. The molecule has 5 heteroatoms. The SMILES string of the molecule is C/C(=N\Nc1nc2ccccc2s1)c1ccccc1N. The van der Waals surface area contributed by atoms with Gasteiger partial charge in [-0.05, 0) is 25.1 Å². The van der Waals surface area contributed by atoms with Gasteiger partial charge in [0.05, 0.1) is 15.9 Å². The van der Waals surface area contributed by atoms with Gasteiger partial charge in [-0.1, -0.05) is 41.7 Å². The van der Waals surface area contributed by atoms with Crippen molar-refractivity contribution in [1.82, 2.24) is 4.98 Å². The monoisotopic (exact) mass is 282 g/mol. The molecule has 0 aliphatic heterocycles. The van der Waals surface area contributed by atoms with Gasteiger partial charge in [-0.25, -0.2) is 4.98 Å². The van der Waals surface area contributed by atoms with E-state index in [2.05, 4.69) is 15.5 Å². The van der Waals surface area contributed by atoms with Gasteiger partial charge in [0, 0.05) is 11.3 Å². The van der Waals surface area contributed by atoms with E-state index in [-0.39, 0.29) is 0 Å². The molecule has 0 atom stereocenters. The molecule has 0 amide bonds. The van der Waals surface area contributed by atoms with Crippen molar-refractivity contribution in [2.75, 3.05) is 11.2 Å². The van der Waals surface area contributed by atoms with E-state index < -0.39 is 0 Å². The predicted octanol–water partition coefficient (Wildman–Crippen LogP) is 3.71. The second-order valence-electron chi connectivity index (χ2n) is 4.38. The first kappa shape index (κ1) is 12.6. The summed E-state index contributed by atoms with van der Waals surface area (Å²) >= 11 is 1.58. The molecule has 0 aliphatic rings. The van der Waals surface area contributed by atoms with Crippen LogP contribution in [-0.4, -0.2) is 10.7 Å². The number of nitrogens with one attached hydrogen (secondary N) is 1. The molecule has 100 valence electrons. The molecule has 1 aromatic heterocycles. The Balaban J connectivity index is 1.84. The molecule has 0 radical (unpaired) electrons. The standard InChI is InChI=1S/C15H14N4S/c1-10(11-6-2-3-7-12(11)16)18-19-15-17-13-8-4-5-9-14(13)20-15/h2-9H,16H2,1H3,(H,17,19)/b18-10+. The summed E-state index contributed by atoms with van der Waals surface area (Å²) in [5, 5.41) is 5.13. The first-order valence-electron chi connectivity index (χ1n) is 6.25. The Hall–Kier alpha value is -2.40. The molecule has 0 spiro atoms. The summed E-state index contributed by atoms with van der Waals surface area (Å²) in [6, 6.07) is 15.7. The van der Waals surface area contributed by atoms with Crippen molar-refractivity contribution in [3.05, 3.63) is 54.1 Å². The maximum atomic E-state index is 5.93. The van der Waals surface area contributed by atoms with Crippen LogP contribution in [0.5, 0.6) is 0 Å². The van der Waals surface area contributed by atoms with Crippen LogP contribution in [0.15, 0.2) is 53.6 Å². The summed E-state index contributed by atoms with van der Waals surface area (Å²) < 4.78 is 1.14. The van der Waals surface area contributed by atoms with Crippen LogP contribution >= 0.6 is 11.3 Å². The number of fused-ring (bicyclic) bond motifs is 1. The Morgan fingerprint density at radius 2 is 1.90 bits per heavy atom. The van der Waals surface area contributed by atoms with Crippen LogP contribution in [-0.2, 0) is 0 Å². The highest BCUT2D eigenvalue weighted by Crippen LogP contribution is 2.25. The molecule has 0 bridgehead atoms. The summed E-state index contributed by atoms with van der Waals surface area (Å²) in [5.41, 5.74) is 12.4. The number of hydrogen-bond donors (Lipinski definition) is 2. The van der Waals surface area contributed by atoms with Crippen LogP contribution in [0.1, 0.15) is 12.5 Å². The van der Waals surface area contributed by atoms with Crippen LogP contribution in [0, 0.1) is 0 Å². The molecular weight excluding hydrogens is 268 g/mol. The van der Waals surface area contributed by atoms with E-state index >= 15 is 0 Å². The lowest BCUT2D eigenvalue weighted by molar-refractivity contribution is 1.29. The first-order valence-corrected chi connectivity index (χ1v) is 7.06. The van der Waals surface area contributed by atoms with Crippen molar-refractivity contribution < 1.29 is 0 Å². The number of nitrogen functional groups attached to an aromatic ring is 1. The summed E-state index contributed by atoms with van der Waals surface area (Å²) in [5.74, 6) is 0. The predicted molar refractivity (Wildman–Crippen MR) is 86.3 cm³/mol. The average Bonchev–Trinajstić information content (AvgIpc) is 2.88. The average molecular weight is 282 g/mol. The number of para-hydroxylation sites is 2. The Labute approximate surface area is 121 Å². The number of thiazole rings is 1. The fourth-order valence-corrected chi connectivity index (χ4v) is 2.75. The van der Waals surface area contributed by atoms with Gasteiger partial charge in [-0.2, -0.15) is 5.10 Å². The maximum absolute atomic E-state index is 5.93. The number of nitrogens with two attached hydrogens (primary N) is 1. The maximum Gasteiger partial charge on any atom is 0.204 e. The zero-order valence-corrected chi connectivity index (χ0v) is 11.8. The van der Waals surface area contributed by atoms with Gasteiger partial charge in [0.2, 0.25) is 5.13 Å². The van der Waals surface area contributed by atoms with Gasteiger partial charge in [0.25, 0.3) is 0 Å². The topological polar surface area (TPSA) is 63.3 Å². The molecule has 3 aromatic rings. The molecule has 1 heterocycles. The minimum atomic E-state index is 0.722. The third kappa shape index (κ3) is 2.48. The highest BCUT2D eigenvalue weighted by Gasteiger charge is 2.04. The molecular formula is C15H14N4S. The van der Waals surface area contributed by atoms with Crippen molar-refractivity contribution in [3.63, 3.8) is 0 Å². The van der Waals surface area contributed by atoms with Gasteiger partial charge in [0.15, 0.2) is 0 Å². The number of aromatic nitrogens is 1. The van der Waals surface area contributed by atoms with Crippen molar-refractivity contribution >= 4 is 38.1 Å². The Morgan fingerprint density at radius 1 is 1.15 bits per heavy atom. The fourth-order valence-electron chi connectivity index (χ4n) is 1.94. The van der Waals surface area contributed by atoms with E-state index in [9.17, 15) is 0 Å². The number of nitrogens with zero attached hydrogens (tertiary/aromatic N) is 2. The molecule has 20 heavy (non-hydrogen) atoms. The molecule has 3 N–H and O–H groups in total. The first-order chi connectivity index (χ1) is 9.74. The van der Waals surface area contributed by atoms with Crippen molar-refractivity contribution in [1.29, 1.82) is 0 Å². The van der Waals surface area contributed by atoms with Crippen LogP contribution < -0.4 is 11.2 Å². The number of benzene rings is 2. The van der Waals surface area contributed by atoms with Gasteiger partial charge < -0.3 is 5.73 Å². The minimum Gasteiger partial charge on any atom is -0.398 e. The third-order valence-corrected chi connectivity index (χ3v) is 3.90. The van der Waals surface area contributed by atoms with Crippen molar-refractivity contribution in [3.8, 4) is 0 Å². The van der Waals surface area contributed by atoms with Crippen LogP contribution in [0.25, 0.3) is 10.2 Å². The van der Waals surface area contributed by atoms with Crippen LogP contribution in [0.3, 0.4) is 0 Å². The van der Waals surface area contributed by atoms with Crippen molar-refractivity contribution in [2.24, 2.45) is 5.10 Å². The molecule has 0 unspecified atom stereocenters.